The van der Waals surface area contributed by atoms with Gasteiger partial charge < -0.3 is 18.9 Å². The summed E-state index contributed by atoms with van der Waals surface area (Å²) < 4.78 is 22.4. The summed E-state index contributed by atoms with van der Waals surface area (Å²) in [6.45, 7) is 4.00. The second kappa shape index (κ2) is 11.6. The van der Waals surface area contributed by atoms with Crippen molar-refractivity contribution in [3.63, 3.8) is 0 Å². The summed E-state index contributed by atoms with van der Waals surface area (Å²) >= 11 is 0. The fourth-order valence-corrected chi connectivity index (χ4v) is 4.44. The molecule has 0 N–H and O–H groups in total. The zero-order valence-corrected chi connectivity index (χ0v) is 18.5. The quantitative estimate of drug-likeness (QED) is 0.590. The zero-order chi connectivity index (χ0) is 19.9. The number of carbonyl (C=O) groups excluding carboxylic acids is 1. The lowest BCUT2D eigenvalue weighted by atomic mass is 9.91. The Bertz CT molecular complexity index is 656. The molecule has 3 rings (SSSR count). The summed E-state index contributed by atoms with van der Waals surface area (Å²) in [6.07, 6.45) is 6.79. The maximum Gasteiger partial charge on any atom is 0.302 e. The molecule has 1 aliphatic carbocycles. The molecular weight excluding hydrogens is 394 g/mol. The van der Waals surface area contributed by atoms with Crippen molar-refractivity contribution in [2.24, 2.45) is 0 Å². The monoisotopic (exact) mass is 427 g/mol. The van der Waals surface area contributed by atoms with E-state index in [1.807, 2.05) is 12.1 Å². The van der Waals surface area contributed by atoms with Crippen molar-refractivity contribution in [2.45, 2.75) is 63.7 Å². The summed E-state index contributed by atoms with van der Waals surface area (Å²) in [5.41, 5.74) is 1.18. The smallest absolute Gasteiger partial charge is 0.302 e. The second-order valence-corrected chi connectivity index (χ2v) is 7.72. The van der Waals surface area contributed by atoms with Crippen molar-refractivity contribution in [3.05, 3.63) is 23.8 Å². The Morgan fingerprint density at radius 2 is 1.86 bits per heavy atom. The van der Waals surface area contributed by atoms with Crippen LogP contribution in [0.2, 0.25) is 0 Å². The Hall–Kier alpha value is -1.50. The maximum absolute atomic E-state index is 11.2. The van der Waals surface area contributed by atoms with E-state index in [9.17, 15) is 4.79 Å². The third-order valence-electron chi connectivity index (χ3n) is 5.82. The van der Waals surface area contributed by atoms with Crippen molar-refractivity contribution >= 4 is 18.4 Å². The number of esters is 1. The fraction of sp³-hybridized carbons (Fsp3) is 0.682. The van der Waals surface area contributed by atoms with Crippen molar-refractivity contribution in [1.82, 2.24) is 4.90 Å². The molecule has 2 aliphatic rings. The van der Waals surface area contributed by atoms with Crippen LogP contribution in [-0.4, -0.2) is 63.0 Å². The van der Waals surface area contributed by atoms with Crippen LogP contribution in [0.5, 0.6) is 11.5 Å². The van der Waals surface area contributed by atoms with Crippen LogP contribution < -0.4 is 9.47 Å². The standard InChI is InChI=1S/C22H33NO5.ClH/c1-16(24)28-18-10-12-23(15-18)19-6-4-5-7-20(19)27-13-11-17-8-9-21(25-2)22(14-17)26-3;/h8-9,14,18-20H,4-7,10-13,15H2,1-3H3;1H/t18?,19-,20-;/m1./s1. The van der Waals surface area contributed by atoms with Crippen molar-refractivity contribution < 1.29 is 23.7 Å². The molecule has 0 aromatic heterocycles. The summed E-state index contributed by atoms with van der Waals surface area (Å²) in [5, 5.41) is 0. The molecule has 1 saturated carbocycles. The molecular formula is C22H34ClNO5. The van der Waals surface area contributed by atoms with Crippen molar-refractivity contribution in [3.8, 4) is 11.5 Å². The molecule has 2 fully saturated rings. The summed E-state index contributed by atoms with van der Waals surface area (Å²) in [6, 6.07) is 6.45. The largest absolute Gasteiger partial charge is 0.493 e. The van der Waals surface area contributed by atoms with Crippen LogP contribution in [-0.2, 0) is 20.7 Å². The molecule has 1 aromatic carbocycles. The highest BCUT2D eigenvalue weighted by molar-refractivity contribution is 5.85. The van der Waals surface area contributed by atoms with E-state index in [0.29, 0.717) is 12.6 Å². The number of ether oxygens (including phenoxy) is 4. The highest BCUT2D eigenvalue weighted by atomic mass is 35.5. The molecule has 0 spiro atoms. The van der Waals surface area contributed by atoms with Crippen molar-refractivity contribution in [2.75, 3.05) is 33.9 Å². The molecule has 0 radical (unpaired) electrons. The van der Waals surface area contributed by atoms with Crippen LogP contribution in [0.15, 0.2) is 18.2 Å². The van der Waals surface area contributed by atoms with Gasteiger partial charge in [0.15, 0.2) is 11.5 Å². The van der Waals surface area contributed by atoms with E-state index in [1.165, 1.54) is 25.3 Å². The van der Waals surface area contributed by atoms with Gasteiger partial charge in [-0.05, 0) is 43.4 Å². The van der Waals surface area contributed by atoms with E-state index >= 15 is 0 Å². The number of carbonyl (C=O) groups is 1. The zero-order valence-electron chi connectivity index (χ0n) is 17.7. The summed E-state index contributed by atoms with van der Waals surface area (Å²) in [4.78, 5) is 13.7. The van der Waals surface area contributed by atoms with Gasteiger partial charge in [0.05, 0.1) is 26.9 Å². The highest BCUT2D eigenvalue weighted by Gasteiger charge is 2.36. The van der Waals surface area contributed by atoms with Crippen LogP contribution in [0, 0.1) is 0 Å². The number of rotatable bonds is 8. The molecule has 164 valence electrons. The lowest BCUT2D eigenvalue weighted by molar-refractivity contribution is -0.145. The predicted octanol–water partition coefficient (Wildman–Crippen LogP) is 3.63. The molecule has 1 aromatic rings. The first-order valence-electron chi connectivity index (χ1n) is 10.3. The number of hydrogen-bond acceptors (Lipinski definition) is 6. The van der Waals surface area contributed by atoms with Crippen LogP contribution in [0.1, 0.15) is 44.6 Å². The number of likely N-dealkylation sites (tertiary alicyclic amines) is 1. The number of hydrogen-bond donors (Lipinski definition) is 0. The van der Waals surface area contributed by atoms with E-state index in [1.54, 1.807) is 14.2 Å². The van der Waals surface area contributed by atoms with Crippen LogP contribution >= 0.6 is 12.4 Å². The molecule has 3 atom stereocenters. The first-order valence-corrected chi connectivity index (χ1v) is 10.3. The lowest BCUT2D eigenvalue weighted by Crippen LogP contribution is -2.46. The molecule has 1 aliphatic heterocycles. The topological polar surface area (TPSA) is 57.2 Å². The highest BCUT2D eigenvalue weighted by Crippen LogP contribution is 2.30. The molecule has 29 heavy (non-hydrogen) atoms. The van der Waals surface area contributed by atoms with Crippen LogP contribution in [0.3, 0.4) is 0 Å². The normalized spacial score (nSPS) is 24.6. The molecule has 1 heterocycles. The minimum Gasteiger partial charge on any atom is -0.493 e. The van der Waals surface area contributed by atoms with Gasteiger partial charge in [-0.2, -0.15) is 0 Å². The van der Waals surface area contributed by atoms with Gasteiger partial charge >= 0.3 is 5.97 Å². The Kier molecular flexibility index (Phi) is 9.53. The van der Waals surface area contributed by atoms with Gasteiger partial charge in [0, 0.05) is 26.1 Å². The predicted molar refractivity (Wildman–Crippen MR) is 114 cm³/mol. The minimum atomic E-state index is -0.182. The van der Waals surface area contributed by atoms with Crippen LogP contribution in [0.25, 0.3) is 0 Å². The Morgan fingerprint density at radius 3 is 2.59 bits per heavy atom. The Balaban J connectivity index is 0.00000300. The number of nitrogens with zero attached hydrogens (tertiary/aromatic N) is 1. The third kappa shape index (κ3) is 6.49. The lowest BCUT2D eigenvalue weighted by Gasteiger charge is -2.37. The fourth-order valence-electron chi connectivity index (χ4n) is 4.44. The average molecular weight is 428 g/mol. The van der Waals surface area contributed by atoms with Gasteiger partial charge in [0.1, 0.15) is 6.10 Å². The average Bonchev–Trinajstić information content (AvgIpc) is 3.15. The summed E-state index contributed by atoms with van der Waals surface area (Å²) in [5.74, 6) is 1.32. The molecule has 0 amide bonds. The summed E-state index contributed by atoms with van der Waals surface area (Å²) in [7, 11) is 3.30. The molecule has 6 nitrogen and oxygen atoms in total. The van der Waals surface area contributed by atoms with Gasteiger partial charge in [-0.25, -0.2) is 0 Å². The van der Waals surface area contributed by atoms with Gasteiger partial charge in [0.25, 0.3) is 0 Å². The van der Waals surface area contributed by atoms with E-state index in [4.69, 9.17) is 18.9 Å². The third-order valence-corrected chi connectivity index (χ3v) is 5.82. The maximum atomic E-state index is 11.2. The van der Waals surface area contributed by atoms with Crippen LogP contribution in [0.4, 0.5) is 0 Å². The number of methoxy groups -OCH3 is 2. The van der Waals surface area contributed by atoms with Gasteiger partial charge in [0.2, 0.25) is 0 Å². The van der Waals surface area contributed by atoms with E-state index in [2.05, 4.69) is 11.0 Å². The second-order valence-electron chi connectivity index (χ2n) is 7.72. The number of benzene rings is 1. The van der Waals surface area contributed by atoms with Crippen molar-refractivity contribution in [1.29, 1.82) is 0 Å². The van der Waals surface area contributed by atoms with E-state index < -0.39 is 0 Å². The Labute approximate surface area is 180 Å². The first kappa shape index (κ1) is 23.8. The van der Waals surface area contributed by atoms with E-state index in [0.717, 1.165) is 50.3 Å². The minimum absolute atomic E-state index is 0. The number of halogens is 1. The van der Waals surface area contributed by atoms with Gasteiger partial charge in [-0.1, -0.05) is 18.9 Å². The molecule has 1 saturated heterocycles. The van der Waals surface area contributed by atoms with Gasteiger partial charge in [-0.15, -0.1) is 12.4 Å². The Morgan fingerprint density at radius 1 is 1.10 bits per heavy atom. The molecule has 1 unspecified atom stereocenters. The molecule has 7 heteroatoms. The first-order chi connectivity index (χ1) is 13.6. The molecule has 0 bridgehead atoms. The van der Waals surface area contributed by atoms with E-state index in [-0.39, 0.29) is 30.6 Å². The van der Waals surface area contributed by atoms with Gasteiger partial charge in [-0.3, -0.25) is 9.69 Å². The SMILES string of the molecule is COc1ccc(CCO[C@@H]2CCCC[C@H]2N2CCC(OC(C)=O)C2)cc1OC.Cl.